The highest BCUT2D eigenvalue weighted by Gasteiger charge is 2.29. The average Bonchev–Trinajstić information content (AvgIpc) is 3.28. The van der Waals surface area contributed by atoms with Gasteiger partial charge in [-0.2, -0.15) is 0 Å². The van der Waals surface area contributed by atoms with Crippen LogP contribution in [0.15, 0.2) is 94.5 Å². The van der Waals surface area contributed by atoms with Gasteiger partial charge in [0.25, 0.3) is 0 Å². The van der Waals surface area contributed by atoms with Crippen LogP contribution in [0, 0.1) is 0 Å². The highest BCUT2D eigenvalue weighted by atomic mass is 32.1. The zero-order valence-corrected chi connectivity index (χ0v) is 36.4. The number of methoxy groups -OCH3 is 2. The number of hydrogen-bond donors (Lipinski definition) is 1. The minimum absolute atomic E-state index is 0.0186. The number of nitrogens with one attached hydrogen (secondary N) is 1. The van der Waals surface area contributed by atoms with Crippen LogP contribution in [0.5, 0.6) is 11.5 Å². The maximum atomic E-state index is 13.7. The third-order valence-corrected chi connectivity index (χ3v) is 13.5. The first-order valence-corrected chi connectivity index (χ1v) is 22.0. The van der Waals surface area contributed by atoms with Gasteiger partial charge >= 0.3 is 6.09 Å². The molecule has 12 nitrogen and oxygen atoms in total. The molecule has 10 rings (SSSR count). The summed E-state index contributed by atoms with van der Waals surface area (Å²) in [4.78, 5) is 55.8. The molecule has 14 heteroatoms. The first kappa shape index (κ1) is 40.3. The van der Waals surface area contributed by atoms with Gasteiger partial charge in [-0.1, -0.05) is 48.5 Å². The molecule has 2 fully saturated rings. The highest BCUT2D eigenvalue weighted by Crippen LogP contribution is 2.40. The summed E-state index contributed by atoms with van der Waals surface area (Å²) in [5, 5.41) is 7.94. The van der Waals surface area contributed by atoms with E-state index in [1.807, 2.05) is 106 Å². The third-order valence-electron chi connectivity index (χ3n) is 11.1. The van der Waals surface area contributed by atoms with Crippen molar-refractivity contribution in [2.45, 2.75) is 26.4 Å². The van der Waals surface area contributed by atoms with E-state index in [-0.39, 0.29) is 17.0 Å². The second-order valence-corrected chi connectivity index (χ2v) is 18.1. The van der Waals surface area contributed by atoms with E-state index in [0.29, 0.717) is 48.1 Å². The number of amides is 1. The topological polar surface area (TPSA) is 126 Å². The number of ether oxygens (including phenoxy) is 3. The number of rotatable bonds is 4. The van der Waals surface area contributed by atoms with Gasteiger partial charge in [0.15, 0.2) is 10.9 Å². The molecule has 1 amide bonds. The summed E-state index contributed by atoms with van der Waals surface area (Å²) in [7, 11) is 3.26. The minimum Gasteiger partial charge on any atom is -0.495 e. The number of pyridine rings is 2. The molecule has 2 aliphatic rings. The van der Waals surface area contributed by atoms with E-state index in [9.17, 15) is 14.4 Å². The van der Waals surface area contributed by atoms with Crippen molar-refractivity contribution in [1.82, 2.24) is 20.2 Å². The second-order valence-electron chi connectivity index (χ2n) is 16.0. The summed E-state index contributed by atoms with van der Waals surface area (Å²) in [6, 6.07) is 26.9. The molecule has 1 N–H and O–H groups in total. The Hall–Kier alpha value is -6.09. The van der Waals surface area contributed by atoms with Crippen LogP contribution in [-0.4, -0.2) is 93.1 Å². The Morgan fingerprint density at radius 1 is 0.590 bits per heavy atom. The monoisotopic (exact) mass is 854 g/mol. The van der Waals surface area contributed by atoms with E-state index < -0.39 is 5.60 Å². The molecule has 4 aromatic heterocycles. The van der Waals surface area contributed by atoms with E-state index in [1.54, 1.807) is 30.5 Å². The number of fused-ring (bicyclic) bond motifs is 8. The predicted molar refractivity (Wildman–Crippen MR) is 250 cm³/mol. The van der Waals surface area contributed by atoms with Crippen LogP contribution in [0.4, 0.5) is 16.4 Å². The Labute approximate surface area is 359 Å². The zero-order valence-electron chi connectivity index (χ0n) is 34.7. The van der Waals surface area contributed by atoms with Crippen LogP contribution in [-0.2, 0) is 4.74 Å². The largest absolute Gasteiger partial charge is 0.495 e. The molecular formula is C47H46N6O6S2. The van der Waals surface area contributed by atoms with Crippen molar-refractivity contribution in [3.05, 3.63) is 105 Å². The molecule has 0 saturated carbocycles. The van der Waals surface area contributed by atoms with Crippen molar-refractivity contribution >= 4 is 103 Å². The summed E-state index contributed by atoms with van der Waals surface area (Å²) < 4.78 is 20.1. The lowest BCUT2D eigenvalue weighted by atomic mass is 10.1. The Balaban J connectivity index is 0.000000160. The van der Waals surface area contributed by atoms with Gasteiger partial charge in [-0.3, -0.25) is 9.59 Å². The van der Waals surface area contributed by atoms with Gasteiger partial charge in [-0.25, -0.2) is 14.8 Å². The summed E-state index contributed by atoms with van der Waals surface area (Å²) in [6.07, 6.45) is -0.302. The van der Waals surface area contributed by atoms with Gasteiger partial charge in [0.05, 0.1) is 54.8 Å². The van der Waals surface area contributed by atoms with Crippen LogP contribution < -0.4 is 35.4 Å². The zero-order chi connectivity index (χ0) is 42.4. The van der Waals surface area contributed by atoms with Crippen molar-refractivity contribution in [2.24, 2.45) is 0 Å². The van der Waals surface area contributed by atoms with E-state index in [1.165, 1.54) is 11.3 Å². The van der Waals surface area contributed by atoms with Crippen molar-refractivity contribution in [3.63, 3.8) is 0 Å². The molecule has 0 spiro atoms. The van der Waals surface area contributed by atoms with Crippen LogP contribution in [0.1, 0.15) is 20.8 Å². The summed E-state index contributed by atoms with van der Waals surface area (Å²) >= 11 is 3.13. The molecular weight excluding hydrogens is 809 g/mol. The first-order valence-electron chi connectivity index (χ1n) is 20.4. The van der Waals surface area contributed by atoms with E-state index in [2.05, 4.69) is 15.1 Å². The maximum absolute atomic E-state index is 13.7. The number of benzene rings is 4. The molecule has 0 atom stereocenters. The SMILES string of the molecule is COc1cccc2c(=O)c3c(sc12)c(N1CCN(C(=O)OC(C)(C)C)CC1)nc1ccccc13.COc1cccc2c(=O)c3c(sc12)c(N1CCNCC1)nc1ccccc13. The number of para-hydroxylation sites is 2. The Morgan fingerprint density at radius 2 is 1.03 bits per heavy atom. The van der Waals surface area contributed by atoms with Crippen molar-refractivity contribution in [1.29, 1.82) is 0 Å². The molecule has 8 aromatic rings. The minimum atomic E-state index is -0.531. The predicted octanol–water partition coefficient (Wildman–Crippen LogP) is 8.41. The van der Waals surface area contributed by atoms with Gasteiger partial charge in [-0.05, 0) is 57.2 Å². The lowest BCUT2D eigenvalue weighted by Gasteiger charge is -2.36. The van der Waals surface area contributed by atoms with Crippen LogP contribution in [0.25, 0.3) is 62.2 Å². The standard InChI is InChI=1S/C26H27N3O4S.C21H19N3O2S/c1-26(2,3)33-25(31)29-14-12-28(13-15-29)24-23-20(16-8-5-6-10-18(16)27-24)21(30)17-9-7-11-19(32-4)22(17)34-23;1-26-16-8-4-6-14-18(25)17-13-5-2-3-7-15(13)23-21(20(17)27-19(14)16)24-11-9-22-10-12-24/h5-11H,12-15H2,1-4H3;2-8,22H,9-12H2,1H3. The third kappa shape index (κ3) is 7.53. The van der Waals surface area contributed by atoms with Crippen LogP contribution >= 0.6 is 22.7 Å². The molecule has 0 radical (unpaired) electrons. The Morgan fingerprint density at radius 3 is 1.49 bits per heavy atom. The Bertz CT molecular complexity index is 3110. The van der Waals surface area contributed by atoms with Gasteiger partial charge in [0.1, 0.15) is 28.7 Å². The van der Waals surface area contributed by atoms with E-state index in [4.69, 9.17) is 24.2 Å². The van der Waals surface area contributed by atoms with Crippen LogP contribution in [0.2, 0.25) is 0 Å². The quantitative estimate of drug-likeness (QED) is 0.136. The van der Waals surface area contributed by atoms with Crippen LogP contribution in [0.3, 0.4) is 0 Å². The summed E-state index contributed by atoms with van der Waals surface area (Å²) in [5.74, 6) is 3.08. The molecule has 61 heavy (non-hydrogen) atoms. The number of anilines is 2. The van der Waals surface area contributed by atoms with Crippen molar-refractivity contribution < 1.29 is 19.0 Å². The molecule has 6 heterocycles. The number of carbonyl (C=O) groups excluding carboxylic acids is 1. The highest BCUT2D eigenvalue weighted by molar-refractivity contribution is 7.26. The van der Waals surface area contributed by atoms with Gasteiger partial charge in [0, 0.05) is 73.9 Å². The number of piperazine rings is 2. The van der Waals surface area contributed by atoms with Gasteiger partial charge in [-0.15, -0.1) is 22.7 Å². The number of aromatic nitrogens is 2. The van der Waals surface area contributed by atoms with Gasteiger partial charge < -0.3 is 34.2 Å². The Kier molecular flexibility index (Phi) is 10.8. The summed E-state index contributed by atoms with van der Waals surface area (Å²) in [6.45, 7) is 11.5. The normalized spacial score (nSPS) is 14.8. The fourth-order valence-corrected chi connectivity index (χ4v) is 10.7. The lowest BCUT2D eigenvalue weighted by molar-refractivity contribution is 0.0240. The first-order chi connectivity index (χ1) is 29.5. The molecule has 312 valence electrons. The fourth-order valence-electron chi connectivity index (χ4n) is 8.13. The summed E-state index contributed by atoms with van der Waals surface area (Å²) in [5.41, 5.74) is 1.15. The molecule has 0 bridgehead atoms. The molecule has 0 unspecified atom stereocenters. The fraction of sp³-hybridized carbons (Fsp3) is 0.298. The average molecular weight is 855 g/mol. The molecule has 4 aromatic carbocycles. The maximum Gasteiger partial charge on any atom is 0.410 e. The molecule has 2 aliphatic heterocycles. The lowest BCUT2D eigenvalue weighted by Crippen LogP contribution is -2.50. The number of nitrogens with zero attached hydrogens (tertiary/aromatic N) is 5. The molecule has 2 saturated heterocycles. The van der Waals surface area contributed by atoms with Crippen molar-refractivity contribution in [2.75, 3.05) is 76.4 Å². The van der Waals surface area contributed by atoms with Crippen molar-refractivity contribution in [3.8, 4) is 11.5 Å². The van der Waals surface area contributed by atoms with E-state index >= 15 is 0 Å². The van der Waals surface area contributed by atoms with Gasteiger partial charge in [0.2, 0.25) is 0 Å². The smallest absolute Gasteiger partial charge is 0.410 e. The molecule has 0 aliphatic carbocycles. The number of carbonyl (C=O) groups is 1. The second kappa shape index (κ2) is 16.4. The number of hydrogen-bond acceptors (Lipinski definition) is 13. The van der Waals surface area contributed by atoms with E-state index in [0.717, 1.165) is 89.6 Å².